The molecule has 19 heavy (non-hydrogen) atoms. The van der Waals surface area contributed by atoms with Crippen LogP contribution in [-0.4, -0.2) is 65.2 Å². The highest BCUT2D eigenvalue weighted by atomic mass is 32.2. The van der Waals surface area contributed by atoms with Gasteiger partial charge in [0.25, 0.3) is 0 Å². The van der Waals surface area contributed by atoms with Crippen molar-refractivity contribution in [3.8, 4) is 0 Å². The molecule has 0 bridgehead atoms. The number of hydrogen-bond donors (Lipinski definition) is 5. The van der Waals surface area contributed by atoms with Crippen LogP contribution in [0.15, 0.2) is 0 Å². The summed E-state index contributed by atoms with van der Waals surface area (Å²) in [5.74, 6) is -1.96. The molecule has 110 valence electrons. The van der Waals surface area contributed by atoms with E-state index in [-0.39, 0.29) is 13.0 Å². The number of aliphatic hydroxyl groups is 1. The smallest absolute Gasteiger partial charge is 0.326 e. The average Bonchev–Trinajstić information content (AvgIpc) is 2.39. The second kappa shape index (κ2) is 9.59. The van der Waals surface area contributed by atoms with Crippen LogP contribution in [0.4, 0.5) is 0 Å². The van der Waals surface area contributed by atoms with Gasteiger partial charge in [0.2, 0.25) is 11.8 Å². The molecule has 0 aromatic rings. The van der Waals surface area contributed by atoms with Crippen molar-refractivity contribution in [2.75, 3.05) is 25.2 Å². The largest absolute Gasteiger partial charge is 0.480 e. The summed E-state index contributed by atoms with van der Waals surface area (Å²) in [5.41, 5.74) is 5.07. The van der Waals surface area contributed by atoms with Gasteiger partial charge in [-0.2, -0.15) is 11.8 Å². The minimum absolute atomic E-state index is 0.255. The van der Waals surface area contributed by atoms with Gasteiger partial charge in [-0.1, -0.05) is 0 Å². The van der Waals surface area contributed by atoms with E-state index in [1.807, 2.05) is 6.26 Å². The quantitative estimate of drug-likeness (QED) is 0.323. The Kier molecular flexibility index (Phi) is 8.92. The molecule has 8 nitrogen and oxygen atoms in total. The van der Waals surface area contributed by atoms with Gasteiger partial charge in [-0.15, -0.1) is 0 Å². The number of thioether (sulfide) groups is 1. The maximum Gasteiger partial charge on any atom is 0.326 e. The Morgan fingerprint density at radius 1 is 1.26 bits per heavy atom. The van der Waals surface area contributed by atoms with Crippen molar-refractivity contribution in [1.82, 2.24) is 10.6 Å². The summed E-state index contributed by atoms with van der Waals surface area (Å²) in [7, 11) is 0. The van der Waals surface area contributed by atoms with Crippen molar-refractivity contribution >= 4 is 29.5 Å². The molecule has 0 saturated carbocycles. The third-order valence-corrected chi connectivity index (χ3v) is 2.89. The molecular weight excluding hydrogens is 274 g/mol. The summed E-state index contributed by atoms with van der Waals surface area (Å²) in [6.07, 6.45) is 2.07. The number of aliphatic carboxylic acids is 1. The van der Waals surface area contributed by atoms with Crippen LogP contribution in [-0.2, 0) is 14.4 Å². The molecule has 0 aliphatic carbocycles. The summed E-state index contributed by atoms with van der Waals surface area (Å²) in [6.45, 7) is -0.953. The lowest BCUT2D eigenvalue weighted by molar-refractivity contribution is -0.142. The monoisotopic (exact) mass is 293 g/mol. The molecule has 2 unspecified atom stereocenters. The molecule has 0 rings (SSSR count). The lowest BCUT2D eigenvalue weighted by Crippen LogP contribution is -2.54. The summed E-state index contributed by atoms with van der Waals surface area (Å²) in [4.78, 5) is 33.7. The first-order chi connectivity index (χ1) is 8.96. The van der Waals surface area contributed by atoms with Crippen molar-refractivity contribution in [3.63, 3.8) is 0 Å². The van der Waals surface area contributed by atoms with Gasteiger partial charge in [0.05, 0.1) is 13.2 Å². The molecule has 0 spiro atoms. The number of hydrogen-bond acceptors (Lipinski definition) is 6. The molecule has 0 fully saturated rings. The highest BCUT2D eigenvalue weighted by Gasteiger charge is 2.25. The molecule has 0 radical (unpaired) electrons. The first-order valence-corrected chi connectivity index (χ1v) is 6.98. The molecule has 0 saturated heterocycles. The molecule has 0 heterocycles. The lowest BCUT2D eigenvalue weighted by atomic mass is 10.2. The zero-order valence-corrected chi connectivity index (χ0v) is 11.4. The Morgan fingerprint density at radius 2 is 1.89 bits per heavy atom. The third kappa shape index (κ3) is 6.99. The van der Waals surface area contributed by atoms with E-state index in [4.69, 9.17) is 15.9 Å². The second-order valence-electron chi connectivity index (χ2n) is 3.69. The molecule has 0 aliphatic rings. The number of nitrogens with one attached hydrogen (secondary N) is 2. The van der Waals surface area contributed by atoms with Gasteiger partial charge in [0.15, 0.2) is 0 Å². The zero-order valence-electron chi connectivity index (χ0n) is 10.6. The number of carbonyl (C=O) groups is 3. The first-order valence-electron chi connectivity index (χ1n) is 5.58. The Hall–Kier alpha value is -1.32. The molecule has 0 aromatic carbocycles. The van der Waals surface area contributed by atoms with Crippen LogP contribution in [0, 0.1) is 0 Å². The molecule has 6 N–H and O–H groups in total. The van der Waals surface area contributed by atoms with Crippen molar-refractivity contribution in [2.45, 2.75) is 18.5 Å². The van der Waals surface area contributed by atoms with Gasteiger partial charge in [0.1, 0.15) is 12.1 Å². The fourth-order valence-corrected chi connectivity index (χ4v) is 1.68. The topological polar surface area (TPSA) is 142 Å². The highest BCUT2D eigenvalue weighted by Crippen LogP contribution is 2.01. The first kappa shape index (κ1) is 17.7. The number of carboxylic acid groups (broad SMARTS) is 1. The van der Waals surface area contributed by atoms with E-state index < -0.39 is 36.5 Å². The molecule has 2 amide bonds. The molecule has 0 aliphatic heterocycles. The normalized spacial score (nSPS) is 13.4. The average molecular weight is 293 g/mol. The van der Waals surface area contributed by atoms with Gasteiger partial charge in [-0.3, -0.25) is 9.59 Å². The predicted molar refractivity (Wildman–Crippen MR) is 70.6 cm³/mol. The van der Waals surface area contributed by atoms with Crippen molar-refractivity contribution in [3.05, 3.63) is 0 Å². The fraction of sp³-hybridized carbons (Fsp3) is 0.700. The van der Waals surface area contributed by atoms with Crippen LogP contribution in [0.5, 0.6) is 0 Å². The lowest BCUT2D eigenvalue weighted by Gasteiger charge is -2.19. The van der Waals surface area contributed by atoms with E-state index in [2.05, 4.69) is 10.6 Å². The number of rotatable bonds is 9. The maximum atomic E-state index is 11.7. The van der Waals surface area contributed by atoms with Gasteiger partial charge in [-0.25, -0.2) is 4.79 Å². The van der Waals surface area contributed by atoms with Crippen LogP contribution >= 0.6 is 11.8 Å². The van der Waals surface area contributed by atoms with Crippen LogP contribution in [0.1, 0.15) is 6.42 Å². The Bertz CT molecular complexity index is 326. The van der Waals surface area contributed by atoms with E-state index in [1.165, 1.54) is 11.8 Å². The minimum Gasteiger partial charge on any atom is -0.480 e. The SMILES string of the molecule is CSCCC(NC(=O)C(CO)NC(=O)CN)C(=O)O. The van der Waals surface area contributed by atoms with Crippen LogP contribution in [0.25, 0.3) is 0 Å². The van der Waals surface area contributed by atoms with Crippen molar-refractivity contribution in [1.29, 1.82) is 0 Å². The Labute approximate surface area is 115 Å². The highest BCUT2D eigenvalue weighted by molar-refractivity contribution is 7.98. The van der Waals surface area contributed by atoms with Crippen molar-refractivity contribution < 1.29 is 24.6 Å². The van der Waals surface area contributed by atoms with Crippen LogP contribution < -0.4 is 16.4 Å². The van der Waals surface area contributed by atoms with E-state index in [0.29, 0.717) is 5.75 Å². The Morgan fingerprint density at radius 3 is 2.32 bits per heavy atom. The summed E-state index contributed by atoms with van der Waals surface area (Å²) in [5, 5.41) is 22.4. The molecular formula is C10H19N3O5S. The van der Waals surface area contributed by atoms with Gasteiger partial charge in [-0.05, 0) is 18.4 Å². The van der Waals surface area contributed by atoms with E-state index in [1.54, 1.807) is 0 Å². The summed E-state index contributed by atoms with van der Waals surface area (Å²) >= 11 is 1.45. The number of nitrogens with two attached hydrogens (primary N) is 1. The Balaban J connectivity index is 4.50. The zero-order chi connectivity index (χ0) is 14.8. The summed E-state index contributed by atoms with van der Waals surface area (Å²) in [6, 6.07) is -2.25. The van der Waals surface area contributed by atoms with Crippen molar-refractivity contribution in [2.24, 2.45) is 5.73 Å². The van der Waals surface area contributed by atoms with E-state index >= 15 is 0 Å². The van der Waals surface area contributed by atoms with E-state index in [0.717, 1.165) is 0 Å². The van der Waals surface area contributed by atoms with E-state index in [9.17, 15) is 14.4 Å². The minimum atomic E-state index is -1.20. The van der Waals surface area contributed by atoms with Gasteiger partial charge in [0, 0.05) is 0 Å². The molecule has 0 aromatic heterocycles. The third-order valence-electron chi connectivity index (χ3n) is 2.24. The molecule has 9 heteroatoms. The number of amides is 2. The van der Waals surface area contributed by atoms with Gasteiger partial charge >= 0.3 is 5.97 Å². The predicted octanol–water partition coefficient (Wildman–Crippen LogP) is -2.26. The number of aliphatic hydroxyl groups excluding tert-OH is 1. The standard InChI is InChI=1S/C10H19N3O5S/c1-19-3-2-6(10(17)18)13-9(16)7(5-14)12-8(15)4-11/h6-7,14H,2-5,11H2,1H3,(H,12,15)(H,13,16)(H,17,18). The maximum absolute atomic E-state index is 11.7. The summed E-state index contributed by atoms with van der Waals surface area (Å²) < 4.78 is 0. The fourth-order valence-electron chi connectivity index (χ4n) is 1.21. The molecule has 2 atom stereocenters. The van der Waals surface area contributed by atoms with Crippen LogP contribution in [0.3, 0.4) is 0 Å². The number of carbonyl (C=O) groups excluding carboxylic acids is 2. The number of carboxylic acids is 1. The second-order valence-corrected chi connectivity index (χ2v) is 4.67. The van der Waals surface area contributed by atoms with Gasteiger partial charge < -0.3 is 26.6 Å². The van der Waals surface area contributed by atoms with Crippen LogP contribution in [0.2, 0.25) is 0 Å².